The highest BCUT2D eigenvalue weighted by Gasteiger charge is 2.14. The average Bonchev–Trinajstić information content (AvgIpc) is 2.81. The molecular formula is C12H11FN2O3. The zero-order valence-corrected chi connectivity index (χ0v) is 9.67. The van der Waals surface area contributed by atoms with Crippen LogP contribution in [0.25, 0.3) is 0 Å². The summed E-state index contributed by atoms with van der Waals surface area (Å²) in [5.41, 5.74) is 0.857. The first kappa shape index (κ1) is 12.2. The lowest BCUT2D eigenvalue weighted by atomic mass is 10.1. The molecule has 1 heterocycles. The van der Waals surface area contributed by atoms with Crippen LogP contribution < -0.4 is 0 Å². The Morgan fingerprint density at radius 3 is 2.78 bits per heavy atom. The van der Waals surface area contributed by atoms with E-state index in [9.17, 15) is 9.18 Å². The molecule has 18 heavy (non-hydrogen) atoms. The molecule has 2 rings (SSSR count). The van der Waals surface area contributed by atoms with Crippen LogP contribution in [0, 0.1) is 5.82 Å². The fourth-order valence-electron chi connectivity index (χ4n) is 1.42. The Bertz CT molecular complexity index is 524. The van der Waals surface area contributed by atoms with Crippen LogP contribution in [0.15, 0.2) is 28.7 Å². The first-order valence-electron chi connectivity index (χ1n) is 5.35. The summed E-state index contributed by atoms with van der Waals surface area (Å²) in [6.07, 6.45) is -0.168. The number of nitrogens with zero attached hydrogens (tertiary/aromatic N) is 2. The highest BCUT2D eigenvalue weighted by Crippen LogP contribution is 2.16. The van der Waals surface area contributed by atoms with E-state index in [4.69, 9.17) is 4.42 Å². The van der Waals surface area contributed by atoms with Crippen molar-refractivity contribution in [1.29, 1.82) is 0 Å². The summed E-state index contributed by atoms with van der Waals surface area (Å²) < 4.78 is 22.7. The molecule has 0 radical (unpaired) electrons. The molecule has 0 N–H and O–H groups in total. The second-order valence-electron chi connectivity index (χ2n) is 3.71. The fraction of sp³-hybridized carbons (Fsp3) is 0.250. The van der Waals surface area contributed by atoms with E-state index in [1.807, 2.05) is 0 Å². The molecule has 0 saturated heterocycles. The first-order chi connectivity index (χ1) is 8.69. The number of hydrogen-bond acceptors (Lipinski definition) is 5. The molecule has 0 spiro atoms. The van der Waals surface area contributed by atoms with Gasteiger partial charge in [-0.3, -0.25) is 4.79 Å². The Kier molecular flexibility index (Phi) is 3.66. The Morgan fingerprint density at radius 1 is 1.39 bits per heavy atom. The highest BCUT2D eigenvalue weighted by atomic mass is 19.1. The summed E-state index contributed by atoms with van der Waals surface area (Å²) in [5.74, 6) is 0.329. The van der Waals surface area contributed by atoms with Crippen molar-refractivity contribution in [1.82, 2.24) is 10.2 Å². The second kappa shape index (κ2) is 5.39. The van der Waals surface area contributed by atoms with Crippen LogP contribution in [0.3, 0.4) is 0 Å². The number of benzene rings is 1. The molecule has 0 amide bonds. The predicted molar refractivity (Wildman–Crippen MR) is 59.1 cm³/mol. The summed E-state index contributed by atoms with van der Waals surface area (Å²) in [4.78, 5) is 10.2. The fourth-order valence-corrected chi connectivity index (χ4v) is 1.42. The van der Waals surface area contributed by atoms with Crippen molar-refractivity contribution in [3.63, 3.8) is 0 Å². The molecule has 0 aliphatic heterocycles. The average molecular weight is 250 g/mol. The van der Waals surface area contributed by atoms with Crippen molar-refractivity contribution in [3.8, 4) is 0 Å². The summed E-state index contributed by atoms with van der Waals surface area (Å²) in [7, 11) is 0. The van der Waals surface area contributed by atoms with Crippen LogP contribution in [0.5, 0.6) is 0 Å². The minimum absolute atomic E-state index is 0.235. The van der Waals surface area contributed by atoms with E-state index < -0.39 is 6.10 Å². The normalized spacial score (nSPS) is 12.1. The van der Waals surface area contributed by atoms with Crippen LogP contribution in [-0.2, 0) is 16.0 Å². The van der Waals surface area contributed by atoms with Gasteiger partial charge in [0.05, 0.1) is 6.42 Å². The Labute approximate surface area is 103 Å². The van der Waals surface area contributed by atoms with Crippen LogP contribution in [-0.4, -0.2) is 16.7 Å². The van der Waals surface area contributed by atoms with Gasteiger partial charge in [-0.25, -0.2) is 4.39 Å². The molecule has 0 fully saturated rings. The van der Waals surface area contributed by atoms with E-state index in [-0.39, 0.29) is 11.7 Å². The topological polar surface area (TPSA) is 65.2 Å². The van der Waals surface area contributed by atoms with Crippen molar-refractivity contribution in [2.75, 3.05) is 0 Å². The zero-order valence-electron chi connectivity index (χ0n) is 9.67. The molecule has 0 aliphatic rings. The molecule has 0 saturated carbocycles. The van der Waals surface area contributed by atoms with Gasteiger partial charge in [-0.05, 0) is 24.6 Å². The molecule has 6 heteroatoms. The molecular weight excluding hydrogens is 239 g/mol. The Balaban J connectivity index is 2.06. The highest BCUT2D eigenvalue weighted by molar-refractivity contribution is 5.37. The number of hydrogen-bond donors (Lipinski definition) is 0. The molecule has 0 aliphatic carbocycles. The minimum Gasteiger partial charge on any atom is -0.455 e. The van der Waals surface area contributed by atoms with Gasteiger partial charge in [0.1, 0.15) is 5.82 Å². The second-order valence-corrected chi connectivity index (χ2v) is 3.71. The lowest BCUT2D eigenvalue weighted by molar-refractivity contribution is -0.134. The Morgan fingerprint density at radius 2 is 2.11 bits per heavy atom. The van der Waals surface area contributed by atoms with Crippen molar-refractivity contribution in [3.05, 3.63) is 47.4 Å². The third-order valence-electron chi connectivity index (χ3n) is 2.36. The number of carbonyl (C=O) groups is 1. The van der Waals surface area contributed by atoms with Gasteiger partial charge < -0.3 is 9.15 Å². The first-order valence-corrected chi connectivity index (χ1v) is 5.35. The molecule has 1 aromatic heterocycles. The van der Waals surface area contributed by atoms with E-state index in [2.05, 4.69) is 14.9 Å². The van der Waals surface area contributed by atoms with E-state index >= 15 is 0 Å². The lowest BCUT2D eigenvalue weighted by Gasteiger charge is -2.02. The molecule has 1 atom stereocenters. The van der Waals surface area contributed by atoms with Gasteiger partial charge in [0.15, 0.2) is 6.10 Å². The van der Waals surface area contributed by atoms with Gasteiger partial charge in [0.25, 0.3) is 12.4 Å². The predicted octanol–water partition coefficient (Wildman–Crippen LogP) is 2.03. The largest absolute Gasteiger partial charge is 0.455 e. The van der Waals surface area contributed by atoms with Gasteiger partial charge in [-0.2, -0.15) is 0 Å². The number of rotatable bonds is 5. The molecule has 0 bridgehead atoms. The minimum atomic E-state index is -0.572. The molecule has 1 aromatic carbocycles. The van der Waals surface area contributed by atoms with Crippen LogP contribution in [0.2, 0.25) is 0 Å². The van der Waals surface area contributed by atoms with Gasteiger partial charge >= 0.3 is 0 Å². The summed E-state index contributed by atoms with van der Waals surface area (Å²) in [5, 5.41) is 7.60. The summed E-state index contributed by atoms with van der Waals surface area (Å²) in [6, 6.07) is 6.02. The maximum absolute atomic E-state index is 12.7. The van der Waals surface area contributed by atoms with E-state index in [1.54, 1.807) is 19.1 Å². The number of ether oxygens (including phenoxy) is 1. The van der Waals surface area contributed by atoms with Crippen LogP contribution in [0.4, 0.5) is 4.39 Å². The number of aromatic nitrogens is 2. The summed E-state index contributed by atoms with van der Waals surface area (Å²) >= 11 is 0. The zero-order chi connectivity index (χ0) is 13.0. The van der Waals surface area contributed by atoms with E-state index in [0.717, 1.165) is 5.56 Å². The van der Waals surface area contributed by atoms with E-state index in [1.165, 1.54) is 12.1 Å². The van der Waals surface area contributed by atoms with E-state index in [0.29, 0.717) is 18.8 Å². The maximum atomic E-state index is 12.7. The molecule has 94 valence electrons. The monoisotopic (exact) mass is 250 g/mol. The Hall–Kier alpha value is -2.24. The van der Waals surface area contributed by atoms with Gasteiger partial charge in [-0.15, -0.1) is 10.2 Å². The molecule has 2 aromatic rings. The quantitative estimate of drug-likeness (QED) is 0.759. The van der Waals surface area contributed by atoms with Crippen LogP contribution in [0.1, 0.15) is 30.4 Å². The number of carbonyl (C=O) groups excluding carboxylic acids is 1. The third-order valence-corrected chi connectivity index (χ3v) is 2.36. The summed E-state index contributed by atoms with van der Waals surface area (Å²) in [6.45, 7) is 1.96. The van der Waals surface area contributed by atoms with Crippen LogP contribution >= 0.6 is 0 Å². The standard InChI is InChI=1S/C12H11FN2O3/c1-8(17-7-16)12-15-14-11(18-12)6-9-2-4-10(13)5-3-9/h2-5,7-8H,6H2,1H3. The van der Waals surface area contributed by atoms with Gasteiger partial charge in [0, 0.05) is 0 Å². The van der Waals surface area contributed by atoms with Crippen molar-refractivity contribution < 1.29 is 18.3 Å². The lowest BCUT2D eigenvalue weighted by Crippen LogP contribution is -1.98. The third kappa shape index (κ3) is 2.91. The SMILES string of the molecule is CC(OC=O)c1nnc(Cc2ccc(F)cc2)o1. The number of halogens is 1. The van der Waals surface area contributed by atoms with Crippen molar-refractivity contribution >= 4 is 6.47 Å². The van der Waals surface area contributed by atoms with Crippen molar-refractivity contribution in [2.45, 2.75) is 19.4 Å². The van der Waals surface area contributed by atoms with Gasteiger partial charge in [-0.1, -0.05) is 12.1 Å². The molecule has 1 unspecified atom stereocenters. The maximum Gasteiger partial charge on any atom is 0.293 e. The van der Waals surface area contributed by atoms with Gasteiger partial charge in [0.2, 0.25) is 5.89 Å². The smallest absolute Gasteiger partial charge is 0.293 e. The molecule has 5 nitrogen and oxygen atoms in total. The van der Waals surface area contributed by atoms with Crippen molar-refractivity contribution in [2.24, 2.45) is 0 Å².